The Bertz CT molecular complexity index is 614. The van der Waals surface area contributed by atoms with E-state index in [-0.39, 0.29) is 5.56 Å². The molecule has 106 valence electrons. The van der Waals surface area contributed by atoms with E-state index < -0.39 is 17.7 Å². The van der Waals surface area contributed by atoms with Crippen molar-refractivity contribution in [1.82, 2.24) is 0 Å². The largest absolute Gasteiger partial charge is 0.497 e. The molecule has 0 saturated heterocycles. The summed E-state index contributed by atoms with van der Waals surface area (Å²) >= 11 is 0. The zero-order chi connectivity index (χ0) is 14.7. The van der Waals surface area contributed by atoms with E-state index >= 15 is 0 Å². The second-order valence-corrected chi connectivity index (χ2v) is 4.18. The molecule has 1 unspecified atom stereocenters. The van der Waals surface area contributed by atoms with Gasteiger partial charge in [-0.15, -0.1) is 0 Å². The van der Waals surface area contributed by atoms with Crippen LogP contribution in [-0.4, -0.2) is 19.3 Å². The molecule has 0 bridgehead atoms. The van der Waals surface area contributed by atoms with Gasteiger partial charge in [0.15, 0.2) is 0 Å². The first-order chi connectivity index (χ1) is 9.56. The van der Waals surface area contributed by atoms with Crippen LogP contribution in [0.1, 0.15) is 17.2 Å². The van der Waals surface area contributed by atoms with E-state index in [1.54, 1.807) is 18.2 Å². The van der Waals surface area contributed by atoms with Crippen molar-refractivity contribution < 1.29 is 23.4 Å². The number of ether oxygens (including phenoxy) is 2. The van der Waals surface area contributed by atoms with E-state index in [0.717, 1.165) is 12.1 Å². The van der Waals surface area contributed by atoms with E-state index in [9.17, 15) is 13.9 Å². The number of benzene rings is 2. The van der Waals surface area contributed by atoms with Crippen LogP contribution in [0.3, 0.4) is 0 Å². The highest BCUT2D eigenvalue weighted by atomic mass is 19.1. The highest BCUT2D eigenvalue weighted by Crippen LogP contribution is 2.34. The molecule has 3 nitrogen and oxygen atoms in total. The van der Waals surface area contributed by atoms with Gasteiger partial charge in [-0.1, -0.05) is 6.07 Å². The molecule has 0 radical (unpaired) electrons. The molecule has 2 aromatic rings. The minimum absolute atomic E-state index is 0.0297. The highest BCUT2D eigenvalue weighted by Gasteiger charge is 2.20. The van der Waals surface area contributed by atoms with E-state index in [2.05, 4.69) is 0 Å². The molecule has 0 aromatic heterocycles. The number of hydrogen-bond donors (Lipinski definition) is 1. The van der Waals surface area contributed by atoms with Crippen molar-refractivity contribution in [2.75, 3.05) is 14.2 Å². The van der Waals surface area contributed by atoms with Crippen LogP contribution in [-0.2, 0) is 0 Å². The summed E-state index contributed by atoms with van der Waals surface area (Å²) in [6.07, 6.45) is -1.28. The normalized spacial score (nSPS) is 12.1. The van der Waals surface area contributed by atoms with E-state index in [1.807, 2.05) is 0 Å². The molecular formula is C15H14F2O3. The van der Waals surface area contributed by atoms with Crippen molar-refractivity contribution in [2.24, 2.45) is 0 Å². The molecule has 0 aliphatic carbocycles. The first kappa shape index (κ1) is 14.3. The van der Waals surface area contributed by atoms with Gasteiger partial charge in [0, 0.05) is 17.2 Å². The van der Waals surface area contributed by atoms with Gasteiger partial charge in [0.2, 0.25) is 0 Å². The molecule has 0 fully saturated rings. The van der Waals surface area contributed by atoms with Gasteiger partial charge in [-0.05, 0) is 24.3 Å². The van der Waals surface area contributed by atoms with Gasteiger partial charge >= 0.3 is 0 Å². The average molecular weight is 280 g/mol. The predicted molar refractivity (Wildman–Crippen MR) is 70.0 cm³/mol. The van der Waals surface area contributed by atoms with Crippen molar-refractivity contribution in [3.63, 3.8) is 0 Å². The summed E-state index contributed by atoms with van der Waals surface area (Å²) in [4.78, 5) is 0. The SMILES string of the molecule is COc1ccc(OC)c(C(O)c2ccc(F)cc2F)c1. The number of hydrogen-bond acceptors (Lipinski definition) is 3. The summed E-state index contributed by atoms with van der Waals surface area (Å²) < 4.78 is 36.9. The van der Waals surface area contributed by atoms with Gasteiger partial charge in [-0.2, -0.15) is 0 Å². The van der Waals surface area contributed by atoms with Crippen molar-refractivity contribution in [1.29, 1.82) is 0 Å². The van der Waals surface area contributed by atoms with Crippen molar-refractivity contribution in [3.8, 4) is 11.5 Å². The van der Waals surface area contributed by atoms with Gasteiger partial charge in [0.1, 0.15) is 29.2 Å². The quantitative estimate of drug-likeness (QED) is 0.935. The Kier molecular flexibility index (Phi) is 4.20. The van der Waals surface area contributed by atoms with Gasteiger partial charge in [0.25, 0.3) is 0 Å². The topological polar surface area (TPSA) is 38.7 Å². The maximum Gasteiger partial charge on any atom is 0.132 e. The second kappa shape index (κ2) is 5.88. The maximum absolute atomic E-state index is 13.7. The van der Waals surface area contributed by atoms with Crippen LogP contribution in [0.5, 0.6) is 11.5 Å². The van der Waals surface area contributed by atoms with Crippen LogP contribution in [0.25, 0.3) is 0 Å². The lowest BCUT2D eigenvalue weighted by Crippen LogP contribution is -2.05. The molecule has 0 aliphatic heterocycles. The molecule has 0 spiro atoms. The van der Waals surface area contributed by atoms with Crippen LogP contribution in [0.15, 0.2) is 36.4 Å². The molecule has 2 aromatic carbocycles. The summed E-state index contributed by atoms with van der Waals surface area (Å²) in [6, 6.07) is 7.84. The average Bonchev–Trinajstić information content (AvgIpc) is 2.46. The number of aliphatic hydroxyl groups is 1. The lowest BCUT2D eigenvalue weighted by atomic mass is 10.00. The van der Waals surface area contributed by atoms with E-state index in [0.29, 0.717) is 17.1 Å². The first-order valence-electron chi connectivity index (χ1n) is 5.91. The van der Waals surface area contributed by atoms with Crippen LogP contribution < -0.4 is 9.47 Å². The fraction of sp³-hybridized carbons (Fsp3) is 0.200. The number of aliphatic hydroxyl groups excluding tert-OH is 1. The zero-order valence-electron chi connectivity index (χ0n) is 11.1. The minimum atomic E-state index is -1.28. The van der Waals surface area contributed by atoms with Gasteiger partial charge in [-0.25, -0.2) is 8.78 Å². The number of halogens is 2. The third kappa shape index (κ3) is 2.72. The Labute approximate surface area is 115 Å². The standard InChI is InChI=1S/C15H14F2O3/c1-19-10-4-6-14(20-2)12(8-10)15(18)11-5-3-9(16)7-13(11)17/h3-8,15,18H,1-2H3. The van der Waals surface area contributed by atoms with E-state index in [4.69, 9.17) is 9.47 Å². The molecule has 20 heavy (non-hydrogen) atoms. The molecule has 5 heteroatoms. The van der Waals surface area contributed by atoms with Crippen molar-refractivity contribution in [2.45, 2.75) is 6.10 Å². The predicted octanol–water partition coefficient (Wildman–Crippen LogP) is 3.06. The minimum Gasteiger partial charge on any atom is -0.497 e. The van der Waals surface area contributed by atoms with E-state index in [1.165, 1.54) is 20.3 Å². The summed E-state index contributed by atoms with van der Waals surface area (Å²) in [5.41, 5.74) is 0.315. The van der Waals surface area contributed by atoms with Gasteiger partial charge < -0.3 is 14.6 Å². The molecule has 1 N–H and O–H groups in total. The second-order valence-electron chi connectivity index (χ2n) is 4.18. The summed E-state index contributed by atoms with van der Waals surface area (Å²) in [5, 5.41) is 10.3. The zero-order valence-corrected chi connectivity index (χ0v) is 11.1. The number of rotatable bonds is 4. The van der Waals surface area contributed by atoms with Crippen LogP contribution in [0, 0.1) is 11.6 Å². The Morgan fingerprint density at radius 2 is 1.70 bits per heavy atom. The van der Waals surface area contributed by atoms with Gasteiger partial charge in [0.05, 0.1) is 14.2 Å². The third-order valence-corrected chi connectivity index (χ3v) is 2.99. The Balaban J connectivity index is 2.48. The monoisotopic (exact) mass is 280 g/mol. The molecule has 1 atom stereocenters. The van der Waals surface area contributed by atoms with Crippen LogP contribution in [0.4, 0.5) is 8.78 Å². The number of methoxy groups -OCH3 is 2. The van der Waals surface area contributed by atoms with Crippen LogP contribution >= 0.6 is 0 Å². The molecule has 0 saturated carbocycles. The summed E-state index contributed by atoms with van der Waals surface area (Å²) in [7, 11) is 2.93. The fourth-order valence-corrected chi connectivity index (χ4v) is 1.94. The fourth-order valence-electron chi connectivity index (χ4n) is 1.94. The van der Waals surface area contributed by atoms with Crippen LogP contribution in [0.2, 0.25) is 0 Å². The summed E-state index contributed by atoms with van der Waals surface area (Å²) in [6.45, 7) is 0. The van der Waals surface area contributed by atoms with Crippen molar-refractivity contribution >= 4 is 0 Å². The highest BCUT2D eigenvalue weighted by molar-refractivity contribution is 5.45. The molecular weight excluding hydrogens is 266 g/mol. The third-order valence-electron chi connectivity index (χ3n) is 2.99. The first-order valence-corrected chi connectivity index (χ1v) is 5.91. The Hall–Kier alpha value is -2.14. The molecule has 0 heterocycles. The smallest absolute Gasteiger partial charge is 0.132 e. The lowest BCUT2D eigenvalue weighted by molar-refractivity contribution is 0.209. The van der Waals surface area contributed by atoms with Gasteiger partial charge in [-0.3, -0.25) is 0 Å². The molecule has 0 amide bonds. The molecule has 0 aliphatic rings. The summed E-state index contributed by atoms with van der Waals surface area (Å²) in [5.74, 6) is -0.622. The molecule has 2 rings (SSSR count). The Morgan fingerprint density at radius 3 is 2.30 bits per heavy atom. The maximum atomic E-state index is 13.7. The van der Waals surface area contributed by atoms with Crippen molar-refractivity contribution in [3.05, 3.63) is 59.2 Å². The lowest BCUT2D eigenvalue weighted by Gasteiger charge is -2.16. The Morgan fingerprint density at radius 1 is 0.950 bits per heavy atom.